The molecule has 0 heterocycles. The topological polar surface area (TPSA) is 35.5 Å². The van der Waals surface area contributed by atoms with Gasteiger partial charge in [-0.15, -0.1) is 0 Å². The normalized spacial score (nSPS) is 12.9. The third-order valence-corrected chi connectivity index (χ3v) is 3.01. The summed E-state index contributed by atoms with van der Waals surface area (Å²) in [5, 5.41) is 12.2. The maximum absolute atomic E-state index is 13.7. The van der Waals surface area contributed by atoms with Crippen molar-refractivity contribution in [2.75, 3.05) is 33.3 Å². The Hall–Kier alpha value is -0.970. The number of aliphatic hydroxyl groups excluding tert-OH is 1. The predicted octanol–water partition coefficient (Wildman–Crippen LogP) is 1.79. The van der Waals surface area contributed by atoms with Gasteiger partial charge in [-0.05, 0) is 32.6 Å². The number of hydrogen-bond donors (Lipinski definition) is 2. The molecule has 0 saturated carbocycles. The van der Waals surface area contributed by atoms with Gasteiger partial charge in [0.15, 0.2) is 0 Å². The molecule has 1 aromatic rings. The minimum Gasteiger partial charge on any atom is -0.395 e. The predicted molar refractivity (Wildman–Crippen MR) is 72.0 cm³/mol. The molecule has 0 bridgehead atoms. The van der Waals surface area contributed by atoms with Crippen molar-refractivity contribution in [1.29, 1.82) is 0 Å². The van der Waals surface area contributed by atoms with Crippen molar-refractivity contribution >= 4 is 0 Å². The second-order valence-electron chi connectivity index (χ2n) is 4.45. The summed E-state index contributed by atoms with van der Waals surface area (Å²) >= 11 is 0. The van der Waals surface area contributed by atoms with E-state index < -0.39 is 0 Å². The van der Waals surface area contributed by atoms with Crippen LogP contribution in [0, 0.1) is 5.82 Å². The van der Waals surface area contributed by atoms with Gasteiger partial charge in [-0.25, -0.2) is 4.39 Å². The van der Waals surface area contributed by atoms with E-state index >= 15 is 0 Å². The van der Waals surface area contributed by atoms with Crippen molar-refractivity contribution in [1.82, 2.24) is 10.2 Å². The monoisotopic (exact) mass is 254 g/mol. The van der Waals surface area contributed by atoms with E-state index in [4.69, 9.17) is 5.11 Å². The zero-order chi connectivity index (χ0) is 13.4. The quantitative estimate of drug-likeness (QED) is 0.742. The molecule has 0 aromatic heterocycles. The number of halogens is 1. The smallest absolute Gasteiger partial charge is 0.127 e. The summed E-state index contributed by atoms with van der Waals surface area (Å²) in [5.74, 6) is -0.159. The first-order valence-electron chi connectivity index (χ1n) is 6.46. The first-order valence-corrected chi connectivity index (χ1v) is 6.46. The van der Waals surface area contributed by atoms with E-state index in [1.54, 1.807) is 6.07 Å². The molecule has 0 aliphatic heterocycles. The molecule has 0 spiro atoms. The van der Waals surface area contributed by atoms with Crippen LogP contribution in [0.25, 0.3) is 0 Å². The van der Waals surface area contributed by atoms with Gasteiger partial charge in [0, 0.05) is 18.2 Å². The van der Waals surface area contributed by atoms with Crippen molar-refractivity contribution < 1.29 is 9.50 Å². The number of nitrogens with zero attached hydrogens (tertiary/aromatic N) is 1. The zero-order valence-corrected chi connectivity index (χ0v) is 11.2. The van der Waals surface area contributed by atoms with Gasteiger partial charge in [-0.3, -0.25) is 0 Å². The molecule has 1 atom stereocenters. The molecule has 0 saturated heterocycles. The van der Waals surface area contributed by atoms with Crippen LogP contribution in [0.3, 0.4) is 0 Å². The Morgan fingerprint density at radius 1 is 1.33 bits per heavy atom. The van der Waals surface area contributed by atoms with E-state index in [0.29, 0.717) is 6.54 Å². The fourth-order valence-corrected chi connectivity index (χ4v) is 2.00. The Morgan fingerprint density at radius 3 is 2.67 bits per heavy atom. The summed E-state index contributed by atoms with van der Waals surface area (Å²) in [6.07, 6.45) is 0.825. The highest BCUT2D eigenvalue weighted by molar-refractivity contribution is 5.21. The molecule has 3 nitrogen and oxygen atoms in total. The summed E-state index contributed by atoms with van der Waals surface area (Å²) in [5.41, 5.74) is 0.719. The summed E-state index contributed by atoms with van der Waals surface area (Å²) in [6.45, 7) is 4.46. The molecule has 0 amide bonds. The molecule has 102 valence electrons. The van der Waals surface area contributed by atoms with Crippen LogP contribution in [0.1, 0.15) is 24.9 Å². The number of hydrogen-bond acceptors (Lipinski definition) is 3. The third-order valence-electron chi connectivity index (χ3n) is 3.01. The first kappa shape index (κ1) is 15.1. The van der Waals surface area contributed by atoms with Crippen LogP contribution >= 0.6 is 0 Å². The van der Waals surface area contributed by atoms with Gasteiger partial charge in [0.05, 0.1) is 6.61 Å². The summed E-state index contributed by atoms with van der Waals surface area (Å²) in [4.78, 5) is 2.05. The molecule has 0 radical (unpaired) electrons. The van der Waals surface area contributed by atoms with Crippen LogP contribution in [0.4, 0.5) is 4.39 Å². The SMILES string of the molecule is CCNC(CCN(C)CCO)c1ccccc1F. The highest BCUT2D eigenvalue weighted by atomic mass is 19.1. The minimum atomic E-state index is -0.159. The molecule has 4 heteroatoms. The third kappa shape index (κ3) is 4.72. The maximum Gasteiger partial charge on any atom is 0.127 e. The summed E-state index contributed by atoms with van der Waals surface area (Å²) in [6, 6.07) is 6.92. The molecular formula is C14H23FN2O. The van der Waals surface area contributed by atoms with Gasteiger partial charge in [0.1, 0.15) is 5.82 Å². The van der Waals surface area contributed by atoms with Crippen LogP contribution in [0.15, 0.2) is 24.3 Å². The van der Waals surface area contributed by atoms with Crippen molar-refractivity contribution in [3.63, 3.8) is 0 Å². The fraction of sp³-hybridized carbons (Fsp3) is 0.571. The summed E-state index contributed by atoms with van der Waals surface area (Å²) in [7, 11) is 1.96. The number of likely N-dealkylation sites (N-methyl/N-ethyl adjacent to an activating group) is 1. The van der Waals surface area contributed by atoms with Crippen LogP contribution < -0.4 is 5.32 Å². The Balaban J connectivity index is 2.62. The van der Waals surface area contributed by atoms with Gasteiger partial charge in [0.25, 0.3) is 0 Å². The minimum absolute atomic E-state index is 0.0253. The van der Waals surface area contributed by atoms with Crippen molar-refractivity contribution in [2.24, 2.45) is 0 Å². The average molecular weight is 254 g/mol. The van der Waals surface area contributed by atoms with Crippen LogP contribution in [-0.4, -0.2) is 43.3 Å². The van der Waals surface area contributed by atoms with Crippen LogP contribution in [-0.2, 0) is 0 Å². The molecule has 1 aromatic carbocycles. The van der Waals surface area contributed by atoms with Crippen molar-refractivity contribution in [3.05, 3.63) is 35.6 Å². The van der Waals surface area contributed by atoms with E-state index in [1.807, 2.05) is 31.0 Å². The van der Waals surface area contributed by atoms with Gasteiger partial charge in [0.2, 0.25) is 0 Å². The molecule has 1 unspecified atom stereocenters. The molecule has 1 rings (SSSR count). The van der Waals surface area contributed by atoms with E-state index in [1.165, 1.54) is 6.07 Å². The number of aliphatic hydroxyl groups is 1. The number of rotatable bonds is 8. The zero-order valence-electron chi connectivity index (χ0n) is 11.2. The first-order chi connectivity index (χ1) is 8.69. The highest BCUT2D eigenvalue weighted by Crippen LogP contribution is 2.20. The molecule has 2 N–H and O–H groups in total. The Kier molecular flexibility index (Phi) is 6.86. The van der Waals surface area contributed by atoms with E-state index in [2.05, 4.69) is 5.32 Å². The lowest BCUT2D eigenvalue weighted by Gasteiger charge is -2.22. The highest BCUT2D eigenvalue weighted by Gasteiger charge is 2.14. The second-order valence-corrected chi connectivity index (χ2v) is 4.45. The Morgan fingerprint density at radius 2 is 2.06 bits per heavy atom. The largest absolute Gasteiger partial charge is 0.395 e. The lowest BCUT2D eigenvalue weighted by Crippen LogP contribution is -2.29. The maximum atomic E-state index is 13.7. The number of nitrogens with one attached hydrogen (secondary N) is 1. The number of benzene rings is 1. The lowest BCUT2D eigenvalue weighted by molar-refractivity contribution is 0.215. The van der Waals surface area contributed by atoms with Gasteiger partial charge < -0.3 is 15.3 Å². The molecule has 0 aliphatic carbocycles. The Bertz CT molecular complexity index is 346. The lowest BCUT2D eigenvalue weighted by atomic mass is 10.0. The van der Waals surface area contributed by atoms with E-state index in [-0.39, 0.29) is 18.5 Å². The summed E-state index contributed by atoms with van der Waals surface area (Å²) < 4.78 is 13.7. The van der Waals surface area contributed by atoms with Crippen LogP contribution in [0.5, 0.6) is 0 Å². The van der Waals surface area contributed by atoms with Gasteiger partial charge in [-0.1, -0.05) is 25.1 Å². The van der Waals surface area contributed by atoms with Crippen molar-refractivity contribution in [2.45, 2.75) is 19.4 Å². The van der Waals surface area contributed by atoms with E-state index in [0.717, 1.165) is 25.1 Å². The Labute approximate surface area is 109 Å². The van der Waals surface area contributed by atoms with Gasteiger partial charge >= 0.3 is 0 Å². The fourth-order valence-electron chi connectivity index (χ4n) is 2.00. The molecular weight excluding hydrogens is 231 g/mol. The standard InChI is InChI=1S/C14H23FN2O/c1-3-16-14(8-9-17(2)10-11-18)12-6-4-5-7-13(12)15/h4-7,14,16,18H,3,8-11H2,1-2H3. The molecule has 0 aliphatic rings. The van der Waals surface area contributed by atoms with Crippen LogP contribution in [0.2, 0.25) is 0 Å². The average Bonchev–Trinajstić information content (AvgIpc) is 2.36. The second kappa shape index (κ2) is 8.19. The molecule has 18 heavy (non-hydrogen) atoms. The van der Waals surface area contributed by atoms with E-state index in [9.17, 15) is 4.39 Å². The van der Waals surface area contributed by atoms with Gasteiger partial charge in [-0.2, -0.15) is 0 Å². The van der Waals surface area contributed by atoms with Crippen molar-refractivity contribution in [3.8, 4) is 0 Å². The molecule has 0 fully saturated rings.